The predicted molar refractivity (Wildman–Crippen MR) is 107 cm³/mol. The molecule has 30 heavy (non-hydrogen) atoms. The maximum absolute atomic E-state index is 12.9. The number of fused-ring (bicyclic) bond motifs is 1. The number of nitrogens with zero attached hydrogens (tertiary/aromatic N) is 5. The molecule has 1 saturated heterocycles. The van der Waals surface area contributed by atoms with E-state index in [1.54, 1.807) is 19.4 Å². The van der Waals surface area contributed by atoms with Gasteiger partial charge in [0, 0.05) is 43.5 Å². The van der Waals surface area contributed by atoms with Crippen molar-refractivity contribution in [1.82, 2.24) is 19.9 Å². The van der Waals surface area contributed by atoms with E-state index in [2.05, 4.69) is 30.2 Å². The lowest BCUT2D eigenvalue weighted by atomic mass is 9.97. The average molecular weight is 418 g/mol. The van der Waals surface area contributed by atoms with Crippen LogP contribution >= 0.6 is 0 Å². The minimum Gasteiger partial charge on any atom is -0.481 e. The summed E-state index contributed by atoms with van der Waals surface area (Å²) in [6.07, 6.45) is 0.564. The monoisotopic (exact) mass is 418 g/mol. The van der Waals surface area contributed by atoms with Crippen LogP contribution in [0.25, 0.3) is 10.9 Å². The molecule has 1 aliphatic heterocycles. The first-order valence-corrected chi connectivity index (χ1v) is 9.63. The molecule has 0 radical (unpaired) electrons. The topological polar surface area (TPSA) is 76.1 Å². The number of pyridine rings is 2. The number of halogens is 3. The number of hydrogen-bond acceptors (Lipinski definition) is 7. The van der Waals surface area contributed by atoms with Crippen molar-refractivity contribution < 1.29 is 17.9 Å². The Morgan fingerprint density at radius 2 is 1.83 bits per heavy atom. The van der Waals surface area contributed by atoms with Crippen molar-refractivity contribution in [3.63, 3.8) is 0 Å². The first kappa shape index (κ1) is 20.1. The van der Waals surface area contributed by atoms with Gasteiger partial charge in [0.05, 0.1) is 12.6 Å². The van der Waals surface area contributed by atoms with Crippen LogP contribution in [0.2, 0.25) is 0 Å². The third kappa shape index (κ3) is 4.37. The van der Waals surface area contributed by atoms with E-state index in [9.17, 15) is 13.2 Å². The molecule has 0 bridgehead atoms. The van der Waals surface area contributed by atoms with Crippen molar-refractivity contribution in [2.24, 2.45) is 5.92 Å². The Balaban J connectivity index is 1.38. The molecule has 0 unspecified atom stereocenters. The zero-order valence-electron chi connectivity index (χ0n) is 16.4. The van der Waals surface area contributed by atoms with Crippen molar-refractivity contribution >= 4 is 22.7 Å². The van der Waals surface area contributed by atoms with E-state index in [1.165, 1.54) is 18.3 Å². The second kappa shape index (κ2) is 8.29. The minimum absolute atomic E-state index is 0.271. The summed E-state index contributed by atoms with van der Waals surface area (Å²) in [5.41, 5.74) is -0.633. The van der Waals surface area contributed by atoms with Gasteiger partial charge < -0.3 is 15.0 Å². The van der Waals surface area contributed by atoms with Gasteiger partial charge in [-0.1, -0.05) is 0 Å². The fraction of sp³-hybridized carbons (Fsp3) is 0.400. The molecule has 3 aromatic rings. The Kier molecular flexibility index (Phi) is 5.56. The number of nitrogens with one attached hydrogen (secondary N) is 1. The average Bonchev–Trinajstić information content (AvgIpc) is 2.77. The molecule has 158 valence electrons. The molecular formula is C20H21F3N6O. The van der Waals surface area contributed by atoms with Gasteiger partial charge in [0.15, 0.2) is 0 Å². The summed E-state index contributed by atoms with van der Waals surface area (Å²) in [6, 6.07) is 5.61. The zero-order chi connectivity index (χ0) is 21.1. The lowest BCUT2D eigenvalue weighted by Crippen LogP contribution is -2.36. The van der Waals surface area contributed by atoms with Crippen LogP contribution in [0.1, 0.15) is 18.5 Å². The second-order valence-electron chi connectivity index (χ2n) is 7.13. The Morgan fingerprint density at radius 1 is 1.07 bits per heavy atom. The second-order valence-corrected chi connectivity index (χ2v) is 7.13. The maximum atomic E-state index is 12.9. The van der Waals surface area contributed by atoms with Crippen LogP contribution in [-0.4, -0.2) is 46.7 Å². The van der Waals surface area contributed by atoms with Gasteiger partial charge in [0.1, 0.15) is 11.5 Å². The molecule has 7 nitrogen and oxygen atoms in total. The first-order valence-electron chi connectivity index (χ1n) is 9.63. The normalized spacial score (nSPS) is 15.4. The summed E-state index contributed by atoms with van der Waals surface area (Å²) in [5, 5.41) is 3.86. The van der Waals surface area contributed by atoms with E-state index in [0.717, 1.165) is 32.0 Å². The summed E-state index contributed by atoms with van der Waals surface area (Å²) in [6.45, 7) is 2.32. The number of methoxy groups -OCH3 is 1. The zero-order valence-corrected chi connectivity index (χ0v) is 16.4. The molecule has 3 aromatic heterocycles. The molecule has 4 heterocycles. The van der Waals surface area contributed by atoms with Crippen LogP contribution < -0.4 is 15.0 Å². The molecule has 10 heteroatoms. The number of alkyl halides is 3. The van der Waals surface area contributed by atoms with Crippen molar-refractivity contribution in [2.45, 2.75) is 19.0 Å². The summed E-state index contributed by atoms with van der Waals surface area (Å²) >= 11 is 0. The first-order chi connectivity index (χ1) is 14.4. The molecule has 0 aromatic carbocycles. The highest BCUT2D eigenvalue weighted by atomic mass is 19.4. The molecule has 0 amide bonds. The third-order valence-electron chi connectivity index (χ3n) is 5.19. The summed E-state index contributed by atoms with van der Waals surface area (Å²) < 4.78 is 43.8. The molecule has 0 saturated carbocycles. The Morgan fingerprint density at radius 3 is 2.57 bits per heavy atom. The number of ether oxygens (including phenoxy) is 1. The predicted octanol–water partition coefficient (Wildman–Crippen LogP) is 3.78. The largest absolute Gasteiger partial charge is 0.481 e. The molecule has 0 atom stereocenters. The Hall–Kier alpha value is -3.17. The van der Waals surface area contributed by atoms with E-state index in [4.69, 9.17) is 4.74 Å². The summed E-state index contributed by atoms with van der Waals surface area (Å²) in [5.74, 6) is 2.15. The molecule has 1 aliphatic rings. The van der Waals surface area contributed by atoms with Gasteiger partial charge in [-0.25, -0.2) is 15.0 Å². The van der Waals surface area contributed by atoms with Crippen LogP contribution in [0.5, 0.6) is 5.88 Å². The molecular weight excluding hydrogens is 397 g/mol. The number of aromatic nitrogens is 4. The number of piperidine rings is 1. The van der Waals surface area contributed by atoms with Crippen molar-refractivity contribution in [2.75, 3.05) is 37.0 Å². The quantitative estimate of drug-likeness (QED) is 0.676. The van der Waals surface area contributed by atoms with E-state index in [-0.39, 0.29) is 5.52 Å². The fourth-order valence-corrected chi connectivity index (χ4v) is 3.53. The summed E-state index contributed by atoms with van der Waals surface area (Å²) in [7, 11) is 1.57. The summed E-state index contributed by atoms with van der Waals surface area (Å²) in [4.78, 5) is 18.8. The van der Waals surface area contributed by atoms with Crippen LogP contribution in [0.3, 0.4) is 0 Å². The number of anilines is 2. The van der Waals surface area contributed by atoms with Crippen LogP contribution in [0.4, 0.5) is 24.9 Å². The fourth-order valence-electron chi connectivity index (χ4n) is 3.53. The lowest BCUT2D eigenvalue weighted by Gasteiger charge is -2.32. The van der Waals surface area contributed by atoms with Gasteiger partial charge in [-0.15, -0.1) is 0 Å². The van der Waals surface area contributed by atoms with Crippen molar-refractivity contribution in [3.8, 4) is 5.88 Å². The molecule has 4 rings (SSSR count). The van der Waals surface area contributed by atoms with Gasteiger partial charge in [-0.2, -0.15) is 18.2 Å². The highest BCUT2D eigenvalue weighted by Crippen LogP contribution is 2.30. The van der Waals surface area contributed by atoms with Gasteiger partial charge in [0.2, 0.25) is 11.8 Å². The smallest absolute Gasteiger partial charge is 0.433 e. The van der Waals surface area contributed by atoms with E-state index in [1.807, 2.05) is 0 Å². The SMILES string of the molecule is COc1ccnc(N2CCC(CNc3nccc4nc(C(F)(F)F)ccc34)CC2)n1. The maximum Gasteiger partial charge on any atom is 0.433 e. The van der Waals surface area contributed by atoms with Crippen LogP contribution in [0, 0.1) is 5.92 Å². The number of rotatable bonds is 5. The molecule has 0 spiro atoms. The highest BCUT2D eigenvalue weighted by molar-refractivity contribution is 5.89. The minimum atomic E-state index is -4.47. The van der Waals surface area contributed by atoms with Gasteiger partial charge >= 0.3 is 6.18 Å². The Bertz CT molecular complexity index is 1020. The highest BCUT2D eigenvalue weighted by Gasteiger charge is 2.32. The molecule has 1 fully saturated rings. The Labute approximate surface area is 171 Å². The van der Waals surface area contributed by atoms with Crippen LogP contribution in [-0.2, 0) is 6.18 Å². The molecule has 0 aliphatic carbocycles. The molecule has 1 N–H and O–H groups in total. The lowest BCUT2D eigenvalue weighted by molar-refractivity contribution is -0.140. The van der Waals surface area contributed by atoms with Gasteiger partial charge in [-0.05, 0) is 37.0 Å². The van der Waals surface area contributed by atoms with Gasteiger partial charge in [0.25, 0.3) is 0 Å². The van der Waals surface area contributed by atoms with Crippen molar-refractivity contribution in [1.29, 1.82) is 0 Å². The van der Waals surface area contributed by atoms with Gasteiger partial charge in [-0.3, -0.25) is 0 Å². The number of hydrogen-bond donors (Lipinski definition) is 1. The van der Waals surface area contributed by atoms with E-state index in [0.29, 0.717) is 35.5 Å². The third-order valence-corrected chi connectivity index (χ3v) is 5.19. The van der Waals surface area contributed by atoms with E-state index >= 15 is 0 Å². The van der Waals surface area contributed by atoms with Crippen molar-refractivity contribution in [3.05, 3.63) is 42.4 Å². The van der Waals surface area contributed by atoms with Crippen LogP contribution in [0.15, 0.2) is 36.7 Å². The van der Waals surface area contributed by atoms with E-state index < -0.39 is 11.9 Å². The standard InChI is InChI=1S/C20H21F3N6O/c1-30-17-5-9-25-19(28-17)29-10-6-13(7-11-29)12-26-18-14-2-3-16(20(21,22)23)27-15(14)4-8-24-18/h2-5,8-9,13H,6-7,10-12H2,1H3,(H,24,26).